The van der Waals surface area contributed by atoms with Crippen LogP contribution < -0.4 is 10.6 Å². The molecule has 1 fully saturated rings. The highest BCUT2D eigenvalue weighted by molar-refractivity contribution is 5.79. The summed E-state index contributed by atoms with van der Waals surface area (Å²) in [7, 11) is 0. The minimum absolute atomic E-state index is 0.107. The molecule has 1 aromatic heterocycles. The Morgan fingerprint density at radius 2 is 2.28 bits per heavy atom. The van der Waals surface area contributed by atoms with Crippen LogP contribution in [0.5, 0.6) is 0 Å². The summed E-state index contributed by atoms with van der Waals surface area (Å²) in [5.74, 6) is 1.03. The van der Waals surface area contributed by atoms with Crippen molar-refractivity contribution in [3.05, 3.63) is 36.1 Å². The van der Waals surface area contributed by atoms with Crippen molar-refractivity contribution >= 4 is 16.9 Å². The van der Waals surface area contributed by atoms with Crippen LogP contribution in [0.4, 0.5) is 0 Å². The Morgan fingerprint density at radius 3 is 3.00 bits per heavy atom. The molecule has 2 N–H and O–H groups in total. The first-order chi connectivity index (χ1) is 8.72. The third-order valence-corrected chi connectivity index (χ3v) is 3.33. The van der Waals surface area contributed by atoms with Gasteiger partial charge < -0.3 is 15.1 Å². The van der Waals surface area contributed by atoms with Gasteiger partial charge in [0.25, 0.3) is 0 Å². The summed E-state index contributed by atoms with van der Waals surface area (Å²) in [5, 5.41) is 7.34. The molecule has 2 heterocycles. The maximum Gasteiger partial charge on any atom is 0.221 e. The van der Waals surface area contributed by atoms with Crippen LogP contribution in [0.2, 0.25) is 0 Å². The molecule has 3 rings (SSSR count). The van der Waals surface area contributed by atoms with E-state index >= 15 is 0 Å². The lowest BCUT2D eigenvalue weighted by atomic mass is 10.1. The third-order valence-electron chi connectivity index (χ3n) is 3.33. The lowest BCUT2D eigenvalue weighted by Crippen LogP contribution is -2.32. The van der Waals surface area contributed by atoms with Crippen molar-refractivity contribution in [2.75, 3.05) is 6.54 Å². The SMILES string of the molecule is CC(NC1CNC(=O)C1)c1cc2ccccc2o1. The van der Waals surface area contributed by atoms with Crippen LogP contribution >= 0.6 is 0 Å². The lowest BCUT2D eigenvalue weighted by molar-refractivity contribution is -0.119. The quantitative estimate of drug-likeness (QED) is 0.868. The number of amides is 1. The van der Waals surface area contributed by atoms with Crippen molar-refractivity contribution < 1.29 is 9.21 Å². The largest absolute Gasteiger partial charge is 0.459 e. The summed E-state index contributed by atoms with van der Waals surface area (Å²) in [6, 6.07) is 10.3. The van der Waals surface area contributed by atoms with Gasteiger partial charge in [-0.25, -0.2) is 0 Å². The van der Waals surface area contributed by atoms with Crippen LogP contribution in [-0.4, -0.2) is 18.5 Å². The minimum atomic E-state index is 0.107. The monoisotopic (exact) mass is 244 g/mol. The summed E-state index contributed by atoms with van der Waals surface area (Å²) in [6.45, 7) is 2.75. The van der Waals surface area contributed by atoms with Crippen molar-refractivity contribution in [2.24, 2.45) is 0 Å². The Hall–Kier alpha value is -1.81. The maximum atomic E-state index is 11.1. The molecule has 2 aromatic rings. The van der Waals surface area contributed by atoms with E-state index in [-0.39, 0.29) is 18.0 Å². The zero-order chi connectivity index (χ0) is 12.5. The number of fused-ring (bicyclic) bond motifs is 1. The third kappa shape index (κ3) is 2.11. The molecule has 2 atom stereocenters. The molecule has 1 amide bonds. The molecule has 0 saturated carbocycles. The predicted molar refractivity (Wildman–Crippen MR) is 69.2 cm³/mol. The van der Waals surface area contributed by atoms with Crippen molar-refractivity contribution in [1.82, 2.24) is 10.6 Å². The van der Waals surface area contributed by atoms with Gasteiger partial charge in [-0.2, -0.15) is 0 Å². The smallest absolute Gasteiger partial charge is 0.221 e. The summed E-state index contributed by atoms with van der Waals surface area (Å²) in [5.41, 5.74) is 0.904. The van der Waals surface area contributed by atoms with Gasteiger partial charge in [0, 0.05) is 24.4 Å². The van der Waals surface area contributed by atoms with E-state index in [9.17, 15) is 4.79 Å². The van der Waals surface area contributed by atoms with E-state index in [2.05, 4.69) is 23.6 Å². The highest BCUT2D eigenvalue weighted by atomic mass is 16.3. The molecule has 94 valence electrons. The fourth-order valence-electron chi connectivity index (χ4n) is 2.37. The number of carbonyl (C=O) groups excluding carboxylic acids is 1. The molecule has 2 unspecified atom stereocenters. The van der Waals surface area contributed by atoms with Crippen LogP contribution in [0.1, 0.15) is 25.1 Å². The molecule has 1 aliphatic rings. The first kappa shape index (κ1) is 11.3. The number of furan rings is 1. The molecule has 0 aliphatic carbocycles. The number of hydrogen-bond donors (Lipinski definition) is 2. The highest BCUT2D eigenvalue weighted by Crippen LogP contribution is 2.24. The Bertz CT molecular complexity index is 543. The van der Waals surface area contributed by atoms with Crippen LogP contribution in [0, 0.1) is 0 Å². The fraction of sp³-hybridized carbons (Fsp3) is 0.357. The number of rotatable bonds is 3. The molecule has 4 nitrogen and oxygen atoms in total. The van der Waals surface area contributed by atoms with Gasteiger partial charge in [0.15, 0.2) is 0 Å². The molecule has 1 saturated heterocycles. The summed E-state index contributed by atoms with van der Waals surface area (Å²) in [6.07, 6.45) is 0.546. The number of benzene rings is 1. The zero-order valence-corrected chi connectivity index (χ0v) is 10.3. The fourth-order valence-corrected chi connectivity index (χ4v) is 2.37. The maximum absolute atomic E-state index is 11.1. The van der Waals surface area contributed by atoms with Crippen molar-refractivity contribution in [3.63, 3.8) is 0 Å². The van der Waals surface area contributed by atoms with Crippen LogP contribution in [0.25, 0.3) is 11.0 Å². The molecule has 1 aromatic carbocycles. The average Bonchev–Trinajstić information content (AvgIpc) is 2.95. The van der Waals surface area contributed by atoms with E-state index in [1.807, 2.05) is 24.3 Å². The van der Waals surface area contributed by atoms with Crippen LogP contribution in [0.3, 0.4) is 0 Å². The van der Waals surface area contributed by atoms with Crippen molar-refractivity contribution in [1.29, 1.82) is 0 Å². The first-order valence-corrected chi connectivity index (χ1v) is 6.23. The number of para-hydroxylation sites is 1. The van der Waals surface area contributed by atoms with Gasteiger partial charge in [0.2, 0.25) is 5.91 Å². The van der Waals surface area contributed by atoms with E-state index in [1.54, 1.807) is 0 Å². The first-order valence-electron chi connectivity index (χ1n) is 6.23. The van der Waals surface area contributed by atoms with Gasteiger partial charge in [0.1, 0.15) is 11.3 Å². The molecule has 0 bridgehead atoms. The number of carbonyl (C=O) groups is 1. The summed E-state index contributed by atoms with van der Waals surface area (Å²) in [4.78, 5) is 11.1. The van der Waals surface area contributed by atoms with Gasteiger partial charge in [-0.15, -0.1) is 0 Å². The zero-order valence-electron chi connectivity index (χ0n) is 10.3. The Balaban J connectivity index is 1.75. The van der Waals surface area contributed by atoms with E-state index < -0.39 is 0 Å². The van der Waals surface area contributed by atoms with Gasteiger partial charge in [-0.3, -0.25) is 4.79 Å². The van der Waals surface area contributed by atoms with Crippen LogP contribution in [0.15, 0.2) is 34.7 Å². The highest BCUT2D eigenvalue weighted by Gasteiger charge is 2.24. The van der Waals surface area contributed by atoms with Gasteiger partial charge in [-0.05, 0) is 19.1 Å². The standard InChI is InChI=1S/C14H16N2O2/c1-9(16-11-7-14(17)15-8-11)13-6-10-4-2-3-5-12(10)18-13/h2-6,9,11,16H,7-8H2,1H3,(H,15,17). The van der Waals surface area contributed by atoms with E-state index in [4.69, 9.17) is 4.42 Å². The van der Waals surface area contributed by atoms with Gasteiger partial charge in [-0.1, -0.05) is 18.2 Å². The summed E-state index contributed by atoms with van der Waals surface area (Å²) < 4.78 is 5.80. The average molecular weight is 244 g/mol. The van der Waals surface area contributed by atoms with E-state index in [0.717, 1.165) is 16.7 Å². The molecular weight excluding hydrogens is 228 g/mol. The summed E-state index contributed by atoms with van der Waals surface area (Å²) >= 11 is 0. The van der Waals surface area contributed by atoms with Crippen LogP contribution in [-0.2, 0) is 4.79 Å². The second-order valence-corrected chi connectivity index (χ2v) is 4.78. The normalized spacial score (nSPS) is 21.2. The second-order valence-electron chi connectivity index (χ2n) is 4.78. The lowest BCUT2D eigenvalue weighted by Gasteiger charge is -2.15. The van der Waals surface area contributed by atoms with E-state index in [1.165, 1.54) is 0 Å². The molecule has 0 spiro atoms. The molecule has 0 radical (unpaired) electrons. The van der Waals surface area contributed by atoms with Gasteiger partial charge >= 0.3 is 0 Å². The predicted octanol–water partition coefficient (Wildman–Crippen LogP) is 1.97. The Labute approximate surface area is 105 Å². The number of hydrogen-bond acceptors (Lipinski definition) is 3. The topological polar surface area (TPSA) is 54.3 Å². The molecule has 1 aliphatic heterocycles. The van der Waals surface area contributed by atoms with E-state index in [0.29, 0.717) is 13.0 Å². The van der Waals surface area contributed by atoms with Crippen molar-refractivity contribution in [2.45, 2.75) is 25.4 Å². The van der Waals surface area contributed by atoms with Crippen molar-refractivity contribution in [3.8, 4) is 0 Å². The Morgan fingerprint density at radius 1 is 1.44 bits per heavy atom. The molecular formula is C14H16N2O2. The second kappa shape index (κ2) is 4.46. The Kier molecular flexibility index (Phi) is 2.80. The van der Waals surface area contributed by atoms with Gasteiger partial charge in [0.05, 0.1) is 6.04 Å². The molecule has 18 heavy (non-hydrogen) atoms. The number of nitrogens with one attached hydrogen (secondary N) is 2. The minimum Gasteiger partial charge on any atom is -0.459 e. The molecule has 4 heteroatoms.